The number of benzene rings is 2. The maximum absolute atomic E-state index is 5.50. The monoisotopic (exact) mass is 312 g/mol. The lowest BCUT2D eigenvalue weighted by molar-refractivity contribution is 0.208. The van der Waals surface area contributed by atoms with Crippen LogP contribution in [-0.4, -0.2) is 17.1 Å². The van der Waals surface area contributed by atoms with Gasteiger partial charge in [-0.25, -0.2) is 0 Å². The molecule has 1 nitrogen and oxygen atoms in total. The van der Waals surface area contributed by atoms with E-state index < -0.39 is 0 Å². The molecule has 0 N–H and O–H groups in total. The zero-order valence-corrected chi connectivity index (χ0v) is 16.3. The van der Waals surface area contributed by atoms with Crippen LogP contribution in [0.25, 0.3) is 0 Å². The molecule has 0 aliphatic rings. The van der Waals surface area contributed by atoms with Crippen molar-refractivity contribution in [1.82, 2.24) is 0 Å². The third-order valence-corrected chi connectivity index (χ3v) is 5.35. The summed E-state index contributed by atoms with van der Waals surface area (Å²) >= 11 is 0. The van der Waals surface area contributed by atoms with Gasteiger partial charge in [-0.05, 0) is 29.4 Å². The Bertz CT molecular complexity index is 511. The van der Waals surface area contributed by atoms with E-state index >= 15 is 0 Å². The lowest BCUT2D eigenvalue weighted by Crippen LogP contribution is -2.41. The minimum atomic E-state index is 0.0304. The number of hydrogen-bond donors (Lipinski definition) is 0. The summed E-state index contributed by atoms with van der Waals surface area (Å²) in [4.78, 5) is 0. The molecule has 2 aromatic carbocycles. The maximum Gasteiger partial charge on any atom is 0.145 e. The van der Waals surface area contributed by atoms with Crippen molar-refractivity contribution >= 4 is 10.5 Å². The van der Waals surface area contributed by atoms with Crippen LogP contribution >= 0.6 is 0 Å². The molecule has 0 aliphatic carbocycles. The molecule has 2 rings (SSSR count). The van der Waals surface area contributed by atoms with Crippen LogP contribution in [0.3, 0.4) is 0 Å². The quantitative estimate of drug-likeness (QED) is 0.703. The van der Waals surface area contributed by atoms with E-state index in [-0.39, 0.29) is 5.41 Å². The van der Waals surface area contributed by atoms with E-state index in [1.807, 2.05) is 0 Å². The number of rotatable bonds is 7. The molecule has 0 radical (unpaired) electrons. The molecule has 1 atom stereocenters. The van der Waals surface area contributed by atoms with Crippen LogP contribution in [0.1, 0.15) is 38.3 Å². The third kappa shape index (κ3) is 3.18. The van der Waals surface area contributed by atoms with E-state index in [0.29, 0.717) is 11.8 Å². The van der Waals surface area contributed by atoms with Crippen LogP contribution in [0, 0.1) is 11.8 Å². The standard InChI is InChI=1S/C20H28OSi/c1-16(2)20(17(3)14-15-21-22,18-10-6-4-7-11-18)19-12-8-5-9-13-19/h4-13,16-17H,14-15H2,1-3,22H3. The van der Waals surface area contributed by atoms with E-state index in [0.717, 1.165) is 23.5 Å². The first-order valence-corrected chi connectivity index (χ1v) is 9.05. The summed E-state index contributed by atoms with van der Waals surface area (Å²) in [6.45, 7) is 7.93. The molecule has 0 heterocycles. The molecule has 0 saturated heterocycles. The van der Waals surface area contributed by atoms with Crippen LogP contribution in [0.2, 0.25) is 0 Å². The molecule has 22 heavy (non-hydrogen) atoms. The molecule has 0 aromatic heterocycles. The molecule has 1 unspecified atom stereocenters. The maximum atomic E-state index is 5.50. The highest BCUT2D eigenvalue weighted by atomic mass is 28.2. The third-order valence-electron chi connectivity index (χ3n) is 4.95. The Kier molecular flexibility index (Phi) is 5.98. The van der Waals surface area contributed by atoms with Gasteiger partial charge in [0, 0.05) is 12.0 Å². The molecule has 118 valence electrons. The van der Waals surface area contributed by atoms with Crippen molar-refractivity contribution in [3.63, 3.8) is 0 Å². The van der Waals surface area contributed by atoms with Crippen molar-refractivity contribution in [3.8, 4) is 0 Å². The normalized spacial score (nSPS) is 13.5. The van der Waals surface area contributed by atoms with E-state index in [9.17, 15) is 0 Å². The van der Waals surface area contributed by atoms with Gasteiger partial charge in [-0.2, -0.15) is 0 Å². The van der Waals surface area contributed by atoms with Crippen LogP contribution in [0.4, 0.5) is 0 Å². The van der Waals surface area contributed by atoms with Gasteiger partial charge >= 0.3 is 0 Å². The summed E-state index contributed by atoms with van der Waals surface area (Å²) in [5, 5.41) is 0. The topological polar surface area (TPSA) is 9.23 Å². The van der Waals surface area contributed by atoms with Crippen molar-refractivity contribution in [2.75, 3.05) is 6.61 Å². The highest BCUT2D eigenvalue weighted by Gasteiger charge is 2.41. The Labute approximate surface area is 138 Å². The fourth-order valence-electron chi connectivity index (χ4n) is 3.92. The SMILES string of the molecule is CC(C)C(c1ccccc1)(c1ccccc1)C(C)CCO[SiH3]. The van der Waals surface area contributed by atoms with Crippen molar-refractivity contribution in [2.45, 2.75) is 32.6 Å². The van der Waals surface area contributed by atoms with E-state index in [1.165, 1.54) is 11.1 Å². The summed E-state index contributed by atoms with van der Waals surface area (Å²) in [5.74, 6) is 1.03. The summed E-state index contributed by atoms with van der Waals surface area (Å²) in [6.07, 6.45) is 1.09. The van der Waals surface area contributed by atoms with E-state index in [4.69, 9.17) is 4.43 Å². The van der Waals surface area contributed by atoms with Crippen LogP contribution < -0.4 is 0 Å². The summed E-state index contributed by atoms with van der Waals surface area (Å²) in [7, 11) is 0.818. The second kappa shape index (κ2) is 7.75. The Morgan fingerprint density at radius 2 is 1.32 bits per heavy atom. The minimum Gasteiger partial charge on any atom is -0.428 e. The fraction of sp³-hybridized carbons (Fsp3) is 0.400. The molecule has 2 aromatic rings. The molecule has 0 aliphatic heterocycles. The van der Waals surface area contributed by atoms with E-state index in [2.05, 4.69) is 81.4 Å². The molecule has 0 fully saturated rings. The zero-order valence-electron chi connectivity index (χ0n) is 14.3. The molecule has 0 amide bonds. The molecular formula is C20H28OSi. The van der Waals surface area contributed by atoms with Crippen molar-refractivity contribution in [2.24, 2.45) is 11.8 Å². The smallest absolute Gasteiger partial charge is 0.145 e. The van der Waals surface area contributed by atoms with Crippen molar-refractivity contribution in [1.29, 1.82) is 0 Å². The van der Waals surface area contributed by atoms with Gasteiger partial charge < -0.3 is 4.43 Å². The Morgan fingerprint density at radius 1 is 0.864 bits per heavy atom. The van der Waals surface area contributed by atoms with Crippen molar-refractivity contribution in [3.05, 3.63) is 71.8 Å². The average molecular weight is 313 g/mol. The summed E-state index contributed by atoms with van der Waals surface area (Å²) in [5.41, 5.74) is 2.86. The highest BCUT2D eigenvalue weighted by molar-refractivity contribution is 5.97. The first kappa shape index (κ1) is 17.0. The minimum absolute atomic E-state index is 0.0304. The Balaban J connectivity index is 2.60. The van der Waals surface area contributed by atoms with Gasteiger partial charge in [-0.1, -0.05) is 81.4 Å². The van der Waals surface area contributed by atoms with Gasteiger partial charge in [-0.15, -0.1) is 0 Å². The predicted octanol–water partition coefficient (Wildman–Crippen LogP) is 3.95. The number of hydrogen-bond acceptors (Lipinski definition) is 1. The zero-order chi connectivity index (χ0) is 16.0. The van der Waals surface area contributed by atoms with Crippen LogP contribution in [0.15, 0.2) is 60.7 Å². The molecule has 0 spiro atoms. The Morgan fingerprint density at radius 3 is 1.68 bits per heavy atom. The predicted molar refractivity (Wildman–Crippen MR) is 98.2 cm³/mol. The summed E-state index contributed by atoms with van der Waals surface area (Å²) < 4.78 is 5.50. The van der Waals surface area contributed by atoms with Gasteiger partial charge in [0.2, 0.25) is 0 Å². The Hall–Kier alpha value is -1.38. The lowest BCUT2D eigenvalue weighted by atomic mass is 9.59. The molecule has 2 heteroatoms. The average Bonchev–Trinajstić information content (AvgIpc) is 2.55. The first-order valence-electron chi connectivity index (χ1n) is 8.24. The van der Waals surface area contributed by atoms with Crippen LogP contribution in [0.5, 0.6) is 0 Å². The largest absolute Gasteiger partial charge is 0.428 e. The first-order chi connectivity index (χ1) is 10.6. The second-order valence-corrected chi connectivity index (χ2v) is 7.02. The highest BCUT2D eigenvalue weighted by Crippen LogP contribution is 2.46. The molecule has 0 bridgehead atoms. The van der Waals surface area contributed by atoms with Gasteiger partial charge in [0.15, 0.2) is 0 Å². The van der Waals surface area contributed by atoms with Gasteiger partial charge in [0.1, 0.15) is 10.5 Å². The van der Waals surface area contributed by atoms with E-state index in [1.54, 1.807) is 0 Å². The van der Waals surface area contributed by atoms with Gasteiger partial charge in [0.25, 0.3) is 0 Å². The van der Waals surface area contributed by atoms with Gasteiger partial charge in [0.05, 0.1) is 0 Å². The fourth-order valence-corrected chi connectivity index (χ4v) is 4.16. The van der Waals surface area contributed by atoms with Gasteiger partial charge in [-0.3, -0.25) is 0 Å². The molecular weight excluding hydrogens is 284 g/mol. The summed E-state index contributed by atoms with van der Waals surface area (Å²) in [6, 6.07) is 22.0. The lowest BCUT2D eigenvalue weighted by Gasteiger charge is -2.44. The molecule has 0 saturated carbocycles. The van der Waals surface area contributed by atoms with Crippen LogP contribution in [-0.2, 0) is 9.84 Å². The van der Waals surface area contributed by atoms with Crippen molar-refractivity contribution < 1.29 is 4.43 Å². The second-order valence-electron chi connectivity index (χ2n) is 6.44.